The number of ether oxygens (including phenoxy) is 1. The molecule has 5 heteroatoms. The summed E-state index contributed by atoms with van der Waals surface area (Å²) in [5, 5.41) is 19.5. The van der Waals surface area contributed by atoms with E-state index >= 15 is 0 Å². The van der Waals surface area contributed by atoms with Crippen LogP contribution in [0.15, 0.2) is 18.2 Å². The molecule has 1 N–H and O–H groups in total. The molecule has 0 aliphatic carbocycles. The maximum absolute atomic E-state index is 13.8. The van der Waals surface area contributed by atoms with Crippen molar-refractivity contribution in [3.63, 3.8) is 0 Å². The van der Waals surface area contributed by atoms with Gasteiger partial charge in [-0.3, -0.25) is 4.90 Å². The second kappa shape index (κ2) is 6.56. The minimum Gasteiger partial charge on any atom is -0.390 e. The third-order valence-electron chi connectivity index (χ3n) is 5.27. The zero-order valence-electron chi connectivity index (χ0n) is 13.5. The third kappa shape index (κ3) is 3.40. The lowest BCUT2D eigenvalue weighted by atomic mass is 9.79. The molecule has 0 amide bonds. The van der Waals surface area contributed by atoms with Gasteiger partial charge in [0.05, 0.1) is 17.8 Å². The highest BCUT2D eigenvalue weighted by Crippen LogP contribution is 2.36. The van der Waals surface area contributed by atoms with Crippen molar-refractivity contribution in [2.24, 2.45) is 5.92 Å². The van der Waals surface area contributed by atoms with E-state index in [4.69, 9.17) is 10.00 Å². The Kier molecular flexibility index (Phi) is 4.67. The van der Waals surface area contributed by atoms with Gasteiger partial charge in [0.15, 0.2) is 0 Å². The van der Waals surface area contributed by atoms with Crippen molar-refractivity contribution in [1.82, 2.24) is 4.90 Å². The molecule has 1 aromatic carbocycles. The first-order chi connectivity index (χ1) is 11.0. The molecule has 2 heterocycles. The first-order valence-electron chi connectivity index (χ1n) is 8.24. The fourth-order valence-electron chi connectivity index (χ4n) is 3.87. The Morgan fingerprint density at radius 3 is 3.04 bits per heavy atom. The number of hydrogen-bond acceptors (Lipinski definition) is 4. The molecule has 23 heavy (non-hydrogen) atoms. The highest BCUT2D eigenvalue weighted by Gasteiger charge is 2.43. The Morgan fingerprint density at radius 2 is 2.35 bits per heavy atom. The fraction of sp³-hybridized carbons (Fsp3) is 0.611. The smallest absolute Gasteiger partial charge is 0.141 e. The number of aliphatic hydroxyl groups is 1. The largest absolute Gasteiger partial charge is 0.390 e. The highest BCUT2D eigenvalue weighted by molar-refractivity contribution is 5.33. The van der Waals surface area contributed by atoms with Crippen LogP contribution in [0, 0.1) is 23.1 Å². The summed E-state index contributed by atoms with van der Waals surface area (Å²) in [6.07, 6.45) is 2.77. The summed E-state index contributed by atoms with van der Waals surface area (Å²) in [6, 6.07) is 6.90. The van der Waals surface area contributed by atoms with E-state index in [1.807, 2.05) is 19.1 Å². The maximum atomic E-state index is 13.8. The van der Waals surface area contributed by atoms with Crippen LogP contribution in [0.2, 0.25) is 0 Å². The van der Waals surface area contributed by atoms with Gasteiger partial charge in [0.1, 0.15) is 11.9 Å². The lowest BCUT2D eigenvalue weighted by Crippen LogP contribution is -2.52. The van der Waals surface area contributed by atoms with Crippen LogP contribution in [0.1, 0.15) is 37.3 Å². The minimum atomic E-state index is -0.707. The molecule has 0 aromatic heterocycles. The van der Waals surface area contributed by atoms with Crippen molar-refractivity contribution in [1.29, 1.82) is 5.26 Å². The molecular weight excluding hydrogens is 295 g/mol. The lowest BCUT2D eigenvalue weighted by molar-refractivity contribution is -0.123. The monoisotopic (exact) mass is 318 g/mol. The van der Waals surface area contributed by atoms with Crippen LogP contribution in [0.5, 0.6) is 0 Å². The number of likely N-dealkylation sites (tertiary alicyclic amines) is 1. The van der Waals surface area contributed by atoms with E-state index in [9.17, 15) is 9.50 Å². The molecule has 2 aliphatic heterocycles. The number of nitrogens with zero attached hydrogens (tertiary/aromatic N) is 2. The Bertz CT molecular complexity index is 612. The molecule has 124 valence electrons. The van der Waals surface area contributed by atoms with Gasteiger partial charge in [-0.1, -0.05) is 6.07 Å². The Balaban J connectivity index is 1.74. The van der Waals surface area contributed by atoms with Gasteiger partial charge >= 0.3 is 0 Å². The van der Waals surface area contributed by atoms with Crippen molar-refractivity contribution >= 4 is 0 Å². The molecule has 0 unspecified atom stereocenters. The fourth-order valence-corrected chi connectivity index (χ4v) is 3.87. The molecule has 4 nitrogen and oxygen atoms in total. The van der Waals surface area contributed by atoms with Gasteiger partial charge in [0.25, 0.3) is 0 Å². The summed E-state index contributed by atoms with van der Waals surface area (Å²) >= 11 is 0. The number of hydrogen-bond donors (Lipinski definition) is 1. The van der Waals surface area contributed by atoms with Crippen LogP contribution < -0.4 is 0 Å². The van der Waals surface area contributed by atoms with Crippen LogP contribution in [0.4, 0.5) is 4.39 Å². The van der Waals surface area contributed by atoms with Crippen LogP contribution >= 0.6 is 0 Å². The van der Waals surface area contributed by atoms with E-state index in [-0.39, 0.29) is 17.5 Å². The van der Waals surface area contributed by atoms with Crippen LogP contribution in [0.3, 0.4) is 0 Å². The van der Waals surface area contributed by atoms with Crippen molar-refractivity contribution in [2.75, 3.05) is 19.8 Å². The van der Waals surface area contributed by atoms with Crippen molar-refractivity contribution in [3.05, 3.63) is 35.1 Å². The molecule has 0 spiro atoms. The van der Waals surface area contributed by atoms with Crippen LogP contribution in [-0.4, -0.2) is 41.4 Å². The summed E-state index contributed by atoms with van der Waals surface area (Å²) < 4.78 is 19.4. The molecule has 0 radical (unpaired) electrons. The Labute approximate surface area is 136 Å². The first-order valence-corrected chi connectivity index (χ1v) is 8.24. The van der Waals surface area contributed by atoms with E-state index in [2.05, 4.69) is 4.90 Å². The molecule has 2 aliphatic rings. The lowest BCUT2D eigenvalue weighted by Gasteiger charge is -2.43. The van der Waals surface area contributed by atoms with E-state index < -0.39 is 11.4 Å². The molecule has 1 aromatic rings. The van der Waals surface area contributed by atoms with Gasteiger partial charge in [-0.05, 0) is 50.4 Å². The average molecular weight is 318 g/mol. The summed E-state index contributed by atoms with van der Waals surface area (Å²) in [4.78, 5) is 2.31. The second-order valence-electron chi connectivity index (χ2n) is 6.89. The second-order valence-corrected chi connectivity index (χ2v) is 6.89. The van der Waals surface area contributed by atoms with Crippen molar-refractivity contribution in [2.45, 2.75) is 44.4 Å². The topological polar surface area (TPSA) is 56.5 Å². The van der Waals surface area contributed by atoms with Gasteiger partial charge in [-0.15, -0.1) is 0 Å². The van der Waals surface area contributed by atoms with E-state index in [1.165, 1.54) is 12.1 Å². The van der Waals surface area contributed by atoms with E-state index in [0.29, 0.717) is 26.2 Å². The average Bonchev–Trinajstić information content (AvgIpc) is 2.95. The maximum Gasteiger partial charge on any atom is 0.141 e. The Hall–Kier alpha value is -1.48. The summed E-state index contributed by atoms with van der Waals surface area (Å²) in [6.45, 7) is 4.67. The standard InChI is InChI=1S/C18H23FN2O2/c1-18(22)6-8-23-12-15(18)17-3-2-7-21(17)11-13-4-5-14(10-20)16(19)9-13/h4-5,9,15,17,22H,2-3,6-8,11-12H2,1H3/t15-,17+,18+/m1/s1. The first kappa shape index (κ1) is 16.4. The van der Waals surface area contributed by atoms with E-state index in [0.717, 1.165) is 24.9 Å². The summed E-state index contributed by atoms with van der Waals surface area (Å²) in [7, 11) is 0. The highest BCUT2D eigenvalue weighted by atomic mass is 19.1. The SMILES string of the molecule is C[C@]1(O)CCOC[C@@H]1[C@@H]1CCCN1Cc1ccc(C#N)c(F)c1. The van der Waals surface area contributed by atoms with E-state index in [1.54, 1.807) is 0 Å². The van der Waals surface area contributed by atoms with Gasteiger partial charge in [-0.25, -0.2) is 4.39 Å². The molecule has 2 fully saturated rings. The zero-order valence-corrected chi connectivity index (χ0v) is 13.5. The van der Waals surface area contributed by atoms with Crippen LogP contribution in [-0.2, 0) is 11.3 Å². The summed E-state index contributed by atoms with van der Waals surface area (Å²) in [5.41, 5.74) is 0.238. The Morgan fingerprint density at radius 1 is 1.52 bits per heavy atom. The normalized spacial score (nSPS) is 31.9. The van der Waals surface area contributed by atoms with Gasteiger partial charge in [0.2, 0.25) is 0 Å². The molecule has 2 saturated heterocycles. The number of nitriles is 1. The minimum absolute atomic E-state index is 0.0790. The predicted octanol–water partition coefficient (Wildman–Crippen LogP) is 2.45. The molecule has 3 rings (SSSR count). The number of halogens is 1. The third-order valence-corrected chi connectivity index (χ3v) is 5.27. The number of benzene rings is 1. The quantitative estimate of drug-likeness (QED) is 0.930. The number of rotatable bonds is 3. The van der Waals surface area contributed by atoms with Gasteiger partial charge in [-0.2, -0.15) is 5.26 Å². The van der Waals surface area contributed by atoms with Crippen molar-refractivity contribution < 1.29 is 14.2 Å². The van der Waals surface area contributed by atoms with Crippen molar-refractivity contribution in [3.8, 4) is 6.07 Å². The van der Waals surface area contributed by atoms with Crippen LogP contribution in [0.25, 0.3) is 0 Å². The summed E-state index contributed by atoms with van der Waals surface area (Å²) in [5.74, 6) is -0.379. The molecule has 0 saturated carbocycles. The molecule has 3 atom stereocenters. The van der Waals surface area contributed by atoms with Gasteiger partial charge < -0.3 is 9.84 Å². The predicted molar refractivity (Wildman–Crippen MR) is 84.1 cm³/mol. The van der Waals surface area contributed by atoms with Gasteiger partial charge in [0, 0.05) is 25.1 Å². The zero-order chi connectivity index (χ0) is 16.4. The molecule has 0 bridgehead atoms. The molecular formula is C18H23FN2O2.